The third-order valence-electron chi connectivity index (χ3n) is 4.72. The number of carbonyl (C=O) groups is 2. The van der Waals surface area contributed by atoms with Crippen LogP contribution in [0.25, 0.3) is 0 Å². The minimum Gasteiger partial charge on any atom is -0.343 e. The van der Waals surface area contributed by atoms with Gasteiger partial charge in [-0.25, -0.2) is 0 Å². The van der Waals surface area contributed by atoms with Gasteiger partial charge in [-0.3, -0.25) is 9.59 Å². The Balaban J connectivity index is 1.56. The molecule has 0 saturated carbocycles. The molecule has 1 aliphatic rings. The van der Waals surface area contributed by atoms with Crippen LogP contribution in [0.15, 0.2) is 54.6 Å². The van der Waals surface area contributed by atoms with Crippen LogP contribution < -0.4 is 5.32 Å². The third-order valence-corrected chi connectivity index (χ3v) is 4.72. The summed E-state index contributed by atoms with van der Waals surface area (Å²) in [4.78, 5) is 26.4. The van der Waals surface area contributed by atoms with E-state index in [1.807, 2.05) is 23.1 Å². The molecule has 0 aromatic heterocycles. The normalized spacial score (nSPS) is 17.2. The number of hydrogen-bond acceptors (Lipinski definition) is 2. The number of aryl methyl sites for hydroxylation is 1. The van der Waals surface area contributed by atoms with Crippen molar-refractivity contribution in [3.8, 4) is 0 Å². The molecule has 0 unspecified atom stereocenters. The lowest BCUT2D eigenvalue weighted by Gasteiger charge is -2.33. The molecular weight excluding hydrogens is 312 g/mol. The van der Waals surface area contributed by atoms with Crippen molar-refractivity contribution in [1.82, 2.24) is 10.2 Å². The van der Waals surface area contributed by atoms with Gasteiger partial charge in [0.15, 0.2) is 0 Å². The van der Waals surface area contributed by atoms with E-state index in [0.29, 0.717) is 11.5 Å². The molecule has 1 atom stereocenters. The Hall–Kier alpha value is -2.62. The SMILES string of the molecule is Cc1cccc([C@@H]2CCCN(C(=O)CNC(=O)c3ccccc3)C2)c1. The van der Waals surface area contributed by atoms with Crippen molar-refractivity contribution in [3.63, 3.8) is 0 Å². The maximum absolute atomic E-state index is 12.5. The molecule has 4 heteroatoms. The monoisotopic (exact) mass is 336 g/mol. The second-order valence-electron chi connectivity index (χ2n) is 6.64. The first kappa shape index (κ1) is 17.2. The summed E-state index contributed by atoms with van der Waals surface area (Å²) in [6, 6.07) is 17.5. The van der Waals surface area contributed by atoms with Crippen molar-refractivity contribution in [2.24, 2.45) is 0 Å². The lowest BCUT2D eigenvalue weighted by molar-refractivity contribution is -0.131. The van der Waals surface area contributed by atoms with Gasteiger partial charge < -0.3 is 10.2 Å². The number of amides is 2. The molecule has 4 nitrogen and oxygen atoms in total. The van der Waals surface area contributed by atoms with Crippen LogP contribution in [0.3, 0.4) is 0 Å². The van der Waals surface area contributed by atoms with Crippen LogP contribution in [-0.4, -0.2) is 36.3 Å². The van der Waals surface area contributed by atoms with Gasteiger partial charge in [0.05, 0.1) is 6.54 Å². The van der Waals surface area contributed by atoms with Crippen LogP contribution in [0.1, 0.15) is 40.2 Å². The zero-order chi connectivity index (χ0) is 17.6. The van der Waals surface area contributed by atoms with E-state index in [1.54, 1.807) is 12.1 Å². The Bertz CT molecular complexity index is 743. The molecule has 2 aromatic carbocycles. The van der Waals surface area contributed by atoms with Crippen LogP contribution >= 0.6 is 0 Å². The number of nitrogens with one attached hydrogen (secondary N) is 1. The fraction of sp³-hybridized carbons (Fsp3) is 0.333. The predicted molar refractivity (Wildman–Crippen MR) is 98.5 cm³/mol. The van der Waals surface area contributed by atoms with Crippen LogP contribution in [0.2, 0.25) is 0 Å². The first-order valence-electron chi connectivity index (χ1n) is 8.81. The average molecular weight is 336 g/mol. The van der Waals surface area contributed by atoms with Crippen molar-refractivity contribution < 1.29 is 9.59 Å². The van der Waals surface area contributed by atoms with Crippen molar-refractivity contribution in [2.45, 2.75) is 25.7 Å². The van der Waals surface area contributed by atoms with Gasteiger partial charge in [0.2, 0.25) is 5.91 Å². The lowest BCUT2D eigenvalue weighted by Crippen LogP contribution is -2.44. The molecule has 25 heavy (non-hydrogen) atoms. The van der Waals surface area contributed by atoms with E-state index in [9.17, 15) is 9.59 Å². The maximum Gasteiger partial charge on any atom is 0.251 e. The molecule has 2 amide bonds. The molecule has 0 radical (unpaired) electrons. The Morgan fingerprint density at radius 3 is 2.68 bits per heavy atom. The summed E-state index contributed by atoms with van der Waals surface area (Å²) >= 11 is 0. The Morgan fingerprint density at radius 1 is 1.12 bits per heavy atom. The van der Waals surface area contributed by atoms with Gasteiger partial charge in [-0.05, 0) is 37.5 Å². The van der Waals surface area contributed by atoms with Gasteiger partial charge in [-0.15, -0.1) is 0 Å². The highest BCUT2D eigenvalue weighted by Gasteiger charge is 2.24. The second-order valence-corrected chi connectivity index (χ2v) is 6.64. The molecule has 2 aromatic rings. The van der Waals surface area contributed by atoms with Gasteiger partial charge in [0, 0.05) is 24.6 Å². The Morgan fingerprint density at radius 2 is 1.92 bits per heavy atom. The summed E-state index contributed by atoms with van der Waals surface area (Å²) in [6.07, 6.45) is 2.10. The third kappa shape index (κ3) is 4.47. The van der Waals surface area contributed by atoms with Gasteiger partial charge in [-0.1, -0.05) is 48.0 Å². The highest BCUT2D eigenvalue weighted by Crippen LogP contribution is 2.27. The maximum atomic E-state index is 12.5. The summed E-state index contributed by atoms with van der Waals surface area (Å²) in [5, 5.41) is 2.73. The van der Waals surface area contributed by atoms with Crippen molar-refractivity contribution in [3.05, 3.63) is 71.3 Å². The van der Waals surface area contributed by atoms with Crippen molar-refractivity contribution >= 4 is 11.8 Å². The number of rotatable bonds is 4. The highest BCUT2D eigenvalue weighted by atomic mass is 16.2. The van der Waals surface area contributed by atoms with E-state index in [1.165, 1.54) is 11.1 Å². The number of hydrogen-bond donors (Lipinski definition) is 1. The molecule has 1 fully saturated rings. The van der Waals surface area contributed by atoms with Gasteiger partial charge in [0.1, 0.15) is 0 Å². The van der Waals surface area contributed by atoms with E-state index in [0.717, 1.165) is 25.9 Å². The van der Waals surface area contributed by atoms with Crippen LogP contribution in [0.5, 0.6) is 0 Å². The largest absolute Gasteiger partial charge is 0.343 e. The second kappa shape index (κ2) is 7.97. The van der Waals surface area contributed by atoms with Gasteiger partial charge >= 0.3 is 0 Å². The molecule has 1 heterocycles. The smallest absolute Gasteiger partial charge is 0.251 e. The minimum atomic E-state index is -0.207. The quantitative estimate of drug-likeness (QED) is 0.932. The number of benzene rings is 2. The zero-order valence-electron chi connectivity index (χ0n) is 14.6. The first-order valence-corrected chi connectivity index (χ1v) is 8.81. The summed E-state index contributed by atoms with van der Waals surface area (Å²) in [7, 11) is 0. The number of nitrogens with zero attached hydrogens (tertiary/aromatic N) is 1. The first-order chi connectivity index (χ1) is 12.1. The standard InChI is InChI=1S/C21H24N2O2/c1-16-7-5-10-18(13-16)19-11-6-12-23(15-19)20(24)14-22-21(25)17-8-3-2-4-9-17/h2-5,7-10,13,19H,6,11-12,14-15H2,1H3,(H,22,25)/t19-/m1/s1. The molecule has 3 rings (SSSR count). The van der Waals surface area contributed by atoms with E-state index in [-0.39, 0.29) is 18.4 Å². The molecule has 0 bridgehead atoms. The number of piperidine rings is 1. The molecule has 1 aliphatic heterocycles. The fourth-order valence-corrected chi connectivity index (χ4v) is 3.36. The Kier molecular flexibility index (Phi) is 5.49. The van der Waals surface area contributed by atoms with Gasteiger partial charge in [0.25, 0.3) is 5.91 Å². The highest BCUT2D eigenvalue weighted by molar-refractivity contribution is 5.96. The minimum absolute atomic E-state index is 0.0124. The van der Waals surface area contributed by atoms with E-state index in [2.05, 4.69) is 36.5 Å². The molecule has 0 aliphatic carbocycles. The van der Waals surface area contributed by atoms with E-state index in [4.69, 9.17) is 0 Å². The van der Waals surface area contributed by atoms with Crippen LogP contribution in [-0.2, 0) is 4.79 Å². The van der Waals surface area contributed by atoms with Gasteiger partial charge in [-0.2, -0.15) is 0 Å². The zero-order valence-corrected chi connectivity index (χ0v) is 14.6. The Labute approximate surface area is 148 Å². The van der Waals surface area contributed by atoms with Crippen LogP contribution in [0, 0.1) is 6.92 Å². The summed E-state index contributed by atoms with van der Waals surface area (Å²) in [6.45, 7) is 3.63. The molecule has 0 spiro atoms. The number of carbonyl (C=O) groups excluding carboxylic acids is 2. The van der Waals surface area contributed by atoms with E-state index < -0.39 is 0 Å². The van der Waals surface area contributed by atoms with Crippen molar-refractivity contribution in [1.29, 1.82) is 0 Å². The summed E-state index contributed by atoms with van der Waals surface area (Å²) in [5.74, 6) is 0.158. The molecule has 1 N–H and O–H groups in total. The van der Waals surface area contributed by atoms with Crippen molar-refractivity contribution in [2.75, 3.05) is 19.6 Å². The van der Waals surface area contributed by atoms with Crippen LogP contribution in [0.4, 0.5) is 0 Å². The number of likely N-dealkylation sites (tertiary alicyclic amines) is 1. The fourth-order valence-electron chi connectivity index (χ4n) is 3.36. The molecule has 1 saturated heterocycles. The topological polar surface area (TPSA) is 49.4 Å². The average Bonchev–Trinajstić information content (AvgIpc) is 2.66. The van der Waals surface area contributed by atoms with E-state index >= 15 is 0 Å². The lowest BCUT2D eigenvalue weighted by atomic mass is 9.90. The molecular formula is C21H24N2O2. The predicted octanol–water partition coefficient (Wildman–Crippen LogP) is 3.13. The summed E-state index contributed by atoms with van der Waals surface area (Å²) < 4.78 is 0. The molecule has 130 valence electrons. The summed E-state index contributed by atoms with van der Waals surface area (Å²) in [5.41, 5.74) is 3.12.